The van der Waals surface area contributed by atoms with E-state index < -0.39 is 5.38 Å². The van der Waals surface area contributed by atoms with Crippen LogP contribution >= 0.6 is 43.5 Å². The van der Waals surface area contributed by atoms with Gasteiger partial charge in [0.2, 0.25) is 0 Å². The van der Waals surface area contributed by atoms with Gasteiger partial charge in [0.05, 0.1) is 14.2 Å². The molecule has 0 radical (unpaired) electrons. The Kier molecular flexibility index (Phi) is 4.81. The fourth-order valence-corrected chi connectivity index (χ4v) is 2.98. The molecule has 0 bridgehead atoms. The Labute approximate surface area is 133 Å². The summed E-state index contributed by atoms with van der Waals surface area (Å²) < 4.78 is 17.5. The summed E-state index contributed by atoms with van der Waals surface area (Å²) in [6.45, 7) is 0. The van der Waals surface area contributed by atoms with Crippen molar-refractivity contribution in [1.82, 2.24) is 0 Å². The highest BCUT2D eigenvalue weighted by Crippen LogP contribution is 2.41. The third-order valence-electron chi connectivity index (χ3n) is 2.62. The van der Waals surface area contributed by atoms with E-state index in [-0.39, 0.29) is 0 Å². The van der Waals surface area contributed by atoms with E-state index in [0.29, 0.717) is 21.9 Å². The van der Waals surface area contributed by atoms with Crippen LogP contribution in [0.1, 0.15) is 16.7 Å². The minimum atomic E-state index is -0.416. The molecule has 0 aliphatic heterocycles. The Morgan fingerprint density at radius 2 is 1.74 bits per heavy atom. The Balaban J connectivity index is 2.44. The number of methoxy groups -OCH3 is 2. The molecule has 3 nitrogen and oxygen atoms in total. The topological polar surface area (TPSA) is 31.6 Å². The quantitative estimate of drug-likeness (QED) is 0.654. The van der Waals surface area contributed by atoms with Crippen molar-refractivity contribution in [2.75, 3.05) is 14.2 Å². The van der Waals surface area contributed by atoms with Crippen molar-refractivity contribution in [3.05, 3.63) is 44.7 Å². The van der Waals surface area contributed by atoms with Crippen molar-refractivity contribution >= 4 is 43.5 Å². The Hall–Kier alpha value is -0.650. The summed E-state index contributed by atoms with van der Waals surface area (Å²) >= 11 is 13.2. The monoisotopic (exact) mass is 408 g/mol. The van der Waals surface area contributed by atoms with Crippen LogP contribution in [0.25, 0.3) is 0 Å². The third kappa shape index (κ3) is 3.09. The van der Waals surface area contributed by atoms with Crippen LogP contribution in [-0.4, -0.2) is 14.2 Å². The fraction of sp³-hybridized carbons (Fsp3) is 0.231. The maximum Gasteiger partial charge on any atom is 0.169 e. The summed E-state index contributed by atoms with van der Waals surface area (Å²) in [6.07, 6.45) is 0. The lowest BCUT2D eigenvalue weighted by Crippen LogP contribution is -1.97. The zero-order chi connectivity index (χ0) is 14.0. The molecule has 0 saturated carbocycles. The van der Waals surface area contributed by atoms with Crippen LogP contribution < -0.4 is 9.47 Å². The van der Waals surface area contributed by atoms with E-state index in [0.717, 1.165) is 10.0 Å². The van der Waals surface area contributed by atoms with Crippen molar-refractivity contribution in [1.29, 1.82) is 0 Å². The van der Waals surface area contributed by atoms with Crippen molar-refractivity contribution < 1.29 is 13.9 Å². The van der Waals surface area contributed by atoms with Crippen LogP contribution in [0, 0.1) is 0 Å². The molecule has 1 aromatic heterocycles. The van der Waals surface area contributed by atoms with E-state index in [1.54, 1.807) is 20.3 Å². The van der Waals surface area contributed by atoms with Crippen LogP contribution in [0.15, 0.2) is 37.8 Å². The second-order valence-corrected chi connectivity index (χ2v) is 5.81. The molecule has 6 heteroatoms. The molecule has 1 unspecified atom stereocenters. The van der Waals surface area contributed by atoms with Crippen LogP contribution in [0.4, 0.5) is 0 Å². The number of benzene rings is 1. The van der Waals surface area contributed by atoms with Gasteiger partial charge in [-0.3, -0.25) is 0 Å². The molecule has 0 fully saturated rings. The van der Waals surface area contributed by atoms with E-state index >= 15 is 0 Å². The summed E-state index contributed by atoms with van der Waals surface area (Å²) in [4.78, 5) is 0. The van der Waals surface area contributed by atoms with Gasteiger partial charge in [-0.2, -0.15) is 0 Å². The van der Waals surface area contributed by atoms with Gasteiger partial charge in [0.15, 0.2) is 16.2 Å². The molecule has 0 aliphatic rings. The largest absolute Gasteiger partial charge is 0.493 e. The smallest absolute Gasteiger partial charge is 0.169 e. The second kappa shape index (κ2) is 6.20. The first-order valence-corrected chi connectivity index (χ1v) is 7.39. The highest BCUT2D eigenvalue weighted by atomic mass is 79.9. The van der Waals surface area contributed by atoms with Crippen molar-refractivity contribution in [2.45, 2.75) is 5.38 Å². The van der Waals surface area contributed by atoms with E-state index in [9.17, 15) is 0 Å². The van der Waals surface area contributed by atoms with Crippen molar-refractivity contribution in [2.24, 2.45) is 0 Å². The Morgan fingerprint density at radius 3 is 2.26 bits per heavy atom. The lowest BCUT2D eigenvalue weighted by molar-refractivity contribution is 0.354. The van der Waals surface area contributed by atoms with Gasteiger partial charge in [0.25, 0.3) is 0 Å². The van der Waals surface area contributed by atoms with Gasteiger partial charge in [0, 0.05) is 4.47 Å². The van der Waals surface area contributed by atoms with Crippen LogP contribution in [-0.2, 0) is 0 Å². The molecule has 0 N–H and O–H groups in total. The summed E-state index contributed by atoms with van der Waals surface area (Å²) in [7, 11) is 3.17. The van der Waals surface area contributed by atoms with E-state index in [4.69, 9.17) is 25.5 Å². The molecule has 0 amide bonds. The summed E-state index contributed by atoms with van der Waals surface area (Å²) in [5, 5.41) is -0.416. The first kappa shape index (κ1) is 14.8. The van der Waals surface area contributed by atoms with Gasteiger partial charge in [0.1, 0.15) is 11.1 Å². The van der Waals surface area contributed by atoms with Gasteiger partial charge in [-0.1, -0.05) is 15.9 Å². The number of ether oxygens (including phenoxy) is 2. The number of rotatable bonds is 4. The average Bonchev–Trinajstić information content (AvgIpc) is 2.84. The number of hydrogen-bond acceptors (Lipinski definition) is 3. The first-order valence-electron chi connectivity index (χ1n) is 5.37. The predicted octanol–water partition coefficient (Wildman–Crippen LogP) is 5.15. The molecule has 0 saturated heterocycles. The Morgan fingerprint density at radius 1 is 1.11 bits per heavy atom. The maximum atomic E-state index is 6.43. The number of alkyl halides is 1. The normalized spacial score (nSPS) is 12.3. The third-order valence-corrected chi connectivity index (χ3v) is 4.18. The van der Waals surface area contributed by atoms with Crippen molar-refractivity contribution in [3.63, 3.8) is 0 Å². The molecule has 0 spiro atoms. The second-order valence-electron chi connectivity index (χ2n) is 3.73. The van der Waals surface area contributed by atoms with Gasteiger partial charge >= 0.3 is 0 Å². The van der Waals surface area contributed by atoms with Crippen LogP contribution in [0.5, 0.6) is 11.5 Å². The predicted molar refractivity (Wildman–Crippen MR) is 81.4 cm³/mol. The zero-order valence-corrected chi connectivity index (χ0v) is 14.2. The SMILES string of the molecule is COc1cc(Br)c(C(Cl)c2ccc(Br)o2)cc1OC. The van der Waals surface area contributed by atoms with E-state index in [2.05, 4.69) is 31.9 Å². The zero-order valence-electron chi connectivity index (χ0n) is 10.2. The summed E-state index contributed by atoms with van der Waals surface area (Å²) in [5.74, 6) is 1.92. The number of halogens is 3. The van der Waals surface area contributed by atoms with Gasteiger partial charge in [-0.15, -0.1) is 11.6 Å². The van der Waals surface area contributed by atoms with Crippen LogP contribution in [0.2, 0.25) is 0 Å². The minimum absolute atomic E-state index is 0.416. The van der Waals surface area contributed by atoms with E-state index in [1.165, 1.54) is 0 Å². The summed E-state index contributed by atoms with van der Waals surface area (Å²) in [6, 6.07) is 7.28. The highest BCUT2D eigenvalue weighted by Gasteiger charge is 2.20. The molecule has 1 heterocycles. The van der Waals surface area contributed by atoms with E-state index in [1.807, 2.05) is 18.2 Å². The molecule has 1 atom stereocenters. The number of furan rings is 1. The first-order chi connectivity index (χ1) is 9.06. The molecular formula is C13H11Br2ClO3. The maximum absolute atomic E-state index is 6.43. The van der Waals surface area contributed by atoms with Gasteiger partial charge < -0.3 is 13.9 Å². The minimum Gasteiger partial charge on any atom is -0.493 e. The highest BCUT2D eigenvalue weighted by molar-refractivity contribution is 9.10. The molecule has 0 aliphatic carbocycles. The lowest BCUT2D eigenvalue weighted by Gasteiger charge is -2.14. The molecule has 19 heavy (non-hydrogen) atoms. The van der Waals surface area contributed by atoms with Gasteiger partial charge in [-0.25, -0.2) is 0 Å². The Bertz CT molecular complexity index is 583. The average molecular weight is 410 g/mol. The molecular weight excluding hydrogens is 399 g/mol. The fourth-order valence-electron chi connectivity index (χ4n) is 1.68. The number of hydrogen-bond donors (Lipinski definition) is 0. The molecule has 2 rings (SSSR count). The standard InChI is InChI=1S/C13H11Br2ClO3/c1-17-10-5-7(8(14)6-11(10)18-2)13(16)9-3-4-12(15)19-9/h3-6,13H,1-2H3. The lowest BCUT2D eigenvalue weighted by atomic mass is 10.1. The van der Waals surface area contributed by atoms with Crippen molar-refractivity contribution in [3.8, 4) is 11.5 Å². The molecule has 102 valence electrons. The van der Waals surface area contributed by atoms with Crippen LogP contribution in [0.3, 0.4) is 0 Å². The van der Waals surface area contributed by atoms with Gasteiger partial charge in [-0.05, 0) is 45.8 Å². The molecule has 1 aromatic carbocycles. The molecule has 2 aromatic rings. The summed E-state index contributed by atoms with van der Waals surface area (Å²) in [5.41, 5.74) is 0.848.